The Labute approximate surface area is 110 Å². The lowest BCUT2D eigenvalue weighted by atomic mass is 9.96. The molecule has 0 aromatic carbocycles. The fraction of sp³-hybridized carbons (Fsp3) is 0.600. The Morgan fingerprint density at radius 3 is 2.44 bits per heavy atom. The Morgan fingerprint density at radius 1 is 1.28 bits per heavy atom. The maximum Gasteiger partial charge on any atom is 0.356 e. The lowest BCUT2D eigenvalue weighted by Gasteiger charge is -2.14. The summed E-state index contributed by atoms with van der Waals surface area (Å²) in [7, 11) is 0. The fourth-order valence-corrected chi connectivity index (χ4v) is 1.70. The van der Waals surface area contributed by atoms with Gasteiger partial charge in [0.05, 0.1) is 6.61 Å². The largest absolute Gasteiger partial charge is 0.461 e. The molecule has 1 unspecified atom stereocenters. The van der Waals surface area contributed by atoms with Crippen LogP contribution in [0, 0.1) is 0 Å². The number of hydrogen-bond acceptors (Lipinski definition) is 3. The molecule has 1 heterocycles. The molecule has 1 atom stereocenters. The molecular formula is C15H23NO2. The van der Waals surface area contributed by atoms with Gasteiger partial charge < -0.3 is 4.74 Å². The summed E-state index contributed by atoms with van der Waals surface area (Å²) in [5.41, 5.74) is 2.55. The standard InChI is InChI=1S/C15H23NO2/c1-6-11(5)12-8-13(10(3)4)16-14(9-12)15(17)18-7-2/h8-11H,6-7H2,1-5H3. The Kier molecular flexibility index (Phi) is 5.32. The molecule has 1 rings (SSSR count). The van der Waals surface area contributed by atoms with E-state index in [-0.39, 0.29) is 5.97 Å². The van der Waals surface area contributed by atoms with Gasteiger partial charge in [0.2, 0.25) is 0 Å². The van der Waals surface area contributed by atoms with Crippen LogP contribution in [0.5, 0.6) is 0 Å². The van der Waals surface area contributed by atoms with E-state index in [0.717, 1.165) is 12.1 Å². The second-order valence-electron chi connectivity index (χ2n) is 4.90. The molecule has 0 aliphatic carbocycles. The smallest absolute Gasteiger partial charge is 0.356 e. The summed E-state index contributed by atoms with van der Waals surface area (Å²) in [6.07, 6.45) is 1.05. The average Bonchev–Trinajstić information content (AvgIpc) is 2.37. The lowest BCUT2D eigenvalue weighted by molar-refractivity contribution is 0.0519. The van der Waals surface area contributed by atoms with E-state index in [9.17, 15) is 4.79 Å². The summed E-state index contributed by atoms with van der Waals surface area (Å²) in [6, 6.07) is 3.96. The van der Waals surface area contributed by atoms with Crippen molar-refractivity contribution in [2.75, 3.05) is 6.61 Å². The van der Waals surface area contributed by atoms with Crippen molar-refractivity contribution in [1.29, 1.82) is 0 Å². The number of ether oxygens (including phenoxy) is 1. The Hall–Kier alpha value is -1.38. The van der Waals surface area contributed by atoms with Gasteiger partial charge in [0.1, 0.15) is 5.69 Å². The van der Waals surface area contributed by atoms with Gasteiger partial charge in [0, 0.05) is 5.69 Å². The molecule has 0 radical (unpaired) electrons. The molecular weight excluding hydrogens is 226 g/mol. The Bertz CT molecular complexity index is 413. The van der Waals surface area contributed by atoms with Gasteiger partial charge in [0.15, 0.2) is 0 Å². The summed E-state index contributed by atoms with van der Waals surface area (Å²) in [5, 5.41) is 0. The Morgan fingerprint density at radius 2 is 1.94 bits per heavy atom. The van der Waals surface area contributed by atoms with Gasteiger partial charge in [-0.15, -0.1) is 0 Å². The van der Waals surface area contributed by atoms with Crippen molar-refractivity contribution in [3.63, 3.8) is 0 Å². The van der Waals surface area contributed by atoms with Crippen molar-refractivity contribution in [1.82, 2.24) is 4.98 Å². The molecule has 1 aromatic rings. The number of rotatable bonds is 5. The highest BCUT2D eigenvalue weighted by molar-refractivity contribution is 5.87. The van der Waals surface area contributed by atoms with Crippen molar-refractivity contribution < 1.29 is 9.53 Å². The first-order valence-corrected chi connectivity index (χ1v) is 6.68. The summed E-state index contributed by atoms with van der Waals surface area (Å²) in [6.45, 7) is 10.7. The summed E-state index contributed by atoms with van der Waals surface area (Å²) in [4.78, 5) is 16.2. The van der Waals surface area contributed by atoms with E-state index < -0.39 is 0 Å². The molecule has 0 saturated carbocycles. The molecule has 0 aliphatic heterocycles. The molecule has 0 fully saturated rings. The van der Waals surface area contributed by atoms with Gasteiger partial charge in [0.25, 0.3) is 0 Å². The molecule has 0 bridgehead atoms. The Balaban J connectivity index is 3.17. The molecule has 0 aliphatic rings. The highest BCUT2D eigenvalue weighted by atomic mass is 16.5. The normalized spacial score (nSPS) is 12.6. The second-order valence-corrected chi connectivity index (χ2v) is 4.90. The van der Waals surface area contributed by atoms with Crippen LogP contribution in [0.15, 0.2) is 12.1 Å². The van der Waals surface area contributed by atoms with E-state index in [2.05, 4.69) is 38.7 Å². The van der Waals surface area contributed by atoms with Crippen molar-refractivity contribution in [2.24, 2.45) is 0 Å². The van der Waals surface area contributed by atoms with Gasteiger partial charge in [-0.3, -0.25) is 0 Å². The quantitative estimate of drug-likeness (QED) is 0.743. The van der Waals surface area contributed by atoms with E-state index in [0.29, 0.717) is 24.1 Å². The van der Waals surface area contributed by atoms with Crippen molar-refractivity contribution in [3.05, 3.63) is 29.1 Å². The topological polar surface area (TPSA) is 39.2 Å². The predicted molar refractivity (Wildman–Crippen MR) is 73.0 cm³/mol. The van der Waals surface area contributed by atoms with Crippen molar-refractivity contribution in [2.45, 2.75) is 52.9 Å². The third kappa shape index (κ3) is 3.56. The maximum atomic E-state index is 11.8. The summed E-state index contributed by atoms with van der Waals surface area (Å²) < 4.78 is 5.03. The zero-order chi connectivity index (χ0) is 13.7. The van der Waals surface area contributed by atoms with Crippen LogP contribution in [0.2, 0.25) is 0 Å². The van der Waals surface area contributed by atoms with Gasteiger partial charge in [-0.25, -0.2) is 9.78 Å². The molecule has 0 N–H and O–H groups in total. The van der Waals surface area contributed by atoms with Crippen LogP contribution in [0.25, 0.3) is 0 Å². The number of carbonyl (C=O) groups is 1. The van der Waals surface area contributed by atoms with Crippen LogP contribution >= 0.6 is 0 Å². The first-order valence-electron chi connectivity index (χ1n) is 6.68. The van der Waals surface area contributed by atoms with Gasteiger partial charge in [-0.1, -0.05) is 27.7 Å². The number of nitrogens with zero attached hydrogens (tertiary/aromatic N) is 1. The van der Waals surface area contributed by atoms with Crippen LogP contribution < -0.4 is 0 Å². The zero-order valence-electron chi connectivity index (χ0n) is 12.0. The van der Waals surface area contributed by atoms with E-state index in [4.69, 9.17) is 4.74 Å². The van der Waals surface area contributed by atoms with Crippen LogP contribution in [0.3, 0.4) is 0 Å². The zero-order valence-corrected chi connectivity index (χ0v) is 12.0. The van der Waals surface area contributed by atoms with Crippen LogP contribution in [-0.2, 0) is 4.74 Å². The maximum absolute atomic E-state index is 11.8. The minimum absolute atomic E-state index is 0.308. The van der Waals surface area contributed by atoms with E-state index >= 15 is 0 Å². The highest BCUT2D eigenvalue weighted by Crippen LogP contribution is 2.23. The third-order valence-electron chi connectivity index (χ3n) is 3.12. The van der Waals surface area contributed by atoms with Gasteiger partial charge >= 0.3 is 5.97 Å². The van der Waals surface area contributed by atoms with Crippen LogP contribution in [0.4, 0.5) is 0 Å². The molecule has 0 saturated heterocycles. The number of pyridine rings is 1. The van der Waals surface area contributed by atoms with E-state index in [1.807, 2.05) is 6.07 Å². The fourth-order valence-electron chi connectivity index (χ4n) is 1.70. The lowest BCUT2D eigenvalue weighted by Crippen LogP contribution is -2.11. The first kappa shape index (κ1) is 14.7. The molecule has 0 spiro atoms. The van der Waals surface area contributed by atoms with Crippen LogP contribution in [-0.4, -0.2) is 17.6 Å². The number of carbonyl (C=O) groups excluding carboxylic acids is 1. The first-order chi connectivity index (χ1) is 8.49. The highest BCUT2D eigenvalue weighted by Gasteiger charge is 2.15. The predicted octanol–water partition coefficient (Wildman–Crippen LogP) is 3.90. The molecule has 0 amide bonds. The summed E-state index contributed by atoms with van der Waals surface area (Å²) >= 11 is 0. The second kappa shape index (κ2) is 6.53. The molecule has 1 aromatic heterocycles. The molecule has 3 nitrogen and oxygen atoms in total. The number of aromatic nitrogens is 1. The minimum Gasteiger partial charge on any atom is -0.461 e. The average molecular weight is 249 g/mol. The van der Waals surface area contributed by atoms with Gasteiger partial charge in [-0.2, -0.15) is 0 Å². The van der Waals surface area contributed by atoms with Crippen molar-refractivity contribution >= 4 is 5.97 Å². The molecule has 100 valence electrons. The minimum atomic E-state index is -0.329. The summed E-state index contributed by atoms with van der Waals surface area (Å²) in [5.74, 6) is 0.408. The van der Waals surface area contributed by atoms with Crippen LogP contribution in [0.1, 0.15) is 74.6 Å². The number of esters is 1. The molecule has 18 heavy (non-hydrogen) atoms. The van der Waals surface area contributed by atoms with Crippen molar-refractivity contribution in [3.8, 4) is 0 Å². The van der Waals surface area contributed by atoms with Gasteiger partial charge in [-0.05, 0) is 42.9 Å². The number of hydrogen-bond donors (Lipinski definition) is 0. The van der Waals surface area contributed by atoms with E-state index in [1.165, 1.54) is 5.56 Å². The SMILES string of the molecule is CCOC(=O)c1cc(C(C)CC)cc(C(C)C)n1. The monoisotopic (exact) mass is 249 g/mol. The third-order valence-corrected chi connectivity index (χ3v) is 3.12. The van der Waals surface area contributed by atoms with E-state index in [1.54, 1.807) is 6.92 Å². The molecule has 3 heteroatoms.